The van der Waals surface area contributed by atoms with Crippen LogP contribution in [-0.4, -0.2) is 19.1 Å². The van der Waals surface area contributed by atoms with Crippen LogP contribution in [0, 0.1) is 10.1 Å². The van der Waals surface area contributed by atoms with Crippen molar-refractivity contribution < 1.29 is 18.8 Å². The molecule has 6 heteroatoms. The van der Waals surface area contributed by atoms with Gasteiger partial charge in [-0.05, 0) is 17.5 Å². The van der Waals surface area contributed by atoms with Gasteiger partial charge in [-0.2, -0.15) is 0 Å². The lowest BCUT2D eigenvalue weighted by molar-refractivity contribution is -0.401. The summed E-state index contributed by atoms with van der Waals surface area (Å²) in [4.78, 5) is 10.3. The molecule has 1 aromatic heterocycles. The first kappa shape index (κ1) is 12.3. The second kappa shape index (κ2) is 4.41. The smallest absolute Gasteiger partial charge is 0.434 e. The van der Waals surface area contributed by atoms with Gasteiger partial charge >= 0.3 is 5.88 Å². The lowest BCUT2D eigenvalue weighted by atomic mass is 10.1. The molecule has 2 aromatic carbocycles. The number of furan rings is 1. The number of nitrogens with zero attached hydrogens (tertiary/aromatic N) is 1. The Labute approximate surface area is 113 Å². The van der Waals surface area contributed by atoms with Crippen LogP contribution in [0.15, 0.2) is 34.7 Å². The molecule has 102 valence electrons. The Balaban J connectivity index is 2.46. The van der Waals surface area contributed by atoms with E-state index < -0.39 is 4.92 Å². The predicted octanol–water partition coefficient (Wildman–Crippen LogP) is 3.51. The van der Waals surface area contributed by atoms with E-state index in [0.29, 0.717) is 22.5 Å². The Morgan fingerprint density at radius 3 is 2.55 bits per heavy atom. The highest BCUT2D eigenvalue weighted by Gasteiger charge is 2.19. The van der Waals surface area contributed by atoms with Crippen molar-refractivity contribution in [1.82, 2.24) is 0 Å². The maximum atomic E-state index is 10.8. The molecule has 0 atom stereocenters. The molecular weight excluding hydrogens is 262 g/mol. The molecular formula is C14H11NO5. The van der Waals surface area contributed by atoms with Gasteiger partial charge in [0.15, 0.2) is 11.5 Å². The van der Waals surface area contributed by atoms with Gasteiger partial charge in [0, 0.05) is 10.8 Å². The minimum Gasteiger partial charge on any atom is -0.493 e. The van der Waals surface area contributed by atoms with Gasteiger partial charge in [-0.15, -0.1) is 0 Å². The van der Waals surface area contributed by atoms with E-state index in [4.69, 9.17) is 13.9 Å². The molecule has 0 radical (unpaired) electrons. The van der Waals surface area contributed by atoms with E-state index in [-0.39, 0.29) is 5.88 Å². The number of hydrogen-bond acceptors (Lipinski definition) is 5. The molecule has 0 saturated carbocycles. The summed E-state index contributed by atoms with van der Waals surface area (Å²) in [6.07, 6.45) is 0. The molecule has 0 amide bonds. The molecule has 3 aromatic rings. The number of benzene rings is 2. The van der Waals surface area contributed by atoms with Crippen LogP contribution in [0.25, 0.3) is 21.7 Å². The van der Waals surface area contributed by atoms with Crippen molar-refractivity contribution in [2.24, 2.45) is 0 Å². The van der Waals surface area contributed by atoms with Gasteiger partial charge in [-0.3, -0.25) is 10.1 Å². The van der Waals surface area contributed by atoms with E-state index in [1.807, 2.05) is 12.1 Å². The van der Waals surface area contributed by atoms with E-state index in [9.17, 15) is 10.1 Å². The van der Waals surface area contributed by atoms with Crippen molar-refractivity contribution in [3.05, 3.63) is 40.4 Å². The van der Waals surface area contributed by atoms with Crippen molar-refractivity contribution in [2.45, 2.75) is 0 Å². The molecule has 0 N–H and O–H groups in total. The van der Waals surface area contributed by atoms with Gasteiger partial charge in [0.2, 0.25) is 0 Å². The number of ether oxygens (including phenoxy) is 2. The largest absolute Gasteiger partial charge is 0.493 e. The summed E-state index contributed by atoms with van der Waals surface area (Å²) >= 11 is 0. The summed E-state index contributed by atoms with van der Waals surface area (Å²) in [5, 5.41) is 13.1. The summed E-state index contributed by atoms with van der Waals surface area (Å²) in [6.45, 7) is 0. The molecule has 0 fully saturated rings. The Kier molecular flexibility index (Phi) is 2.71. The number of fused-ring (bicyclic) bond motifs is 3. The minimum absolute atomic E-state index is 0.294. The maximum Gasteiger partial charge on any atom is 0.434 e. The second-order valence-corrected chi connectivity index (χ2v) is 4.22. The van der Waals surface area contributed by atoms with Gasteiger partial charge < -0.3 is 13.9 Å². The standard InChI is InChI=1S/C14H11NO5/c1-18-11-6-4-8-3-5-10-9(13(8)14(11)19-2)7-12(20-10)15(16)17/h3-7H,1-2H3. The Morgan fingerprint density at radius 1 is 1.15 bits per heavy atom. The van der Waals surface area contributed by atoms with Crippen LogP contribution in [0.2, 0.25) is 0 Å². The first-order chi connectivity index (χ1) is 9.65. The van der Waals surface area contributed by atoms with Crippen LogP contribution in [0.4, 0.5) is 5.88 Å². The molecule has 0 aliphatic carbocycles. The average Bonchev–Trinajstić information content (AvgIpc) is 2.90. The van der Waals surface area contributed by atoms with E-state index in [2.05, 4.69) is 0 Å². The summed E-state index contributed by atoms with van der Waals surface area (Å²) in [7, 11) is 3.08. The van der Waals surface area contributed by atoms with Gasteiger partial charge in [0.05, 0.1) is 20.3 Å². The molecule has 0 saturated heterocycles. The third kappa shape index (κ3) is 1.65. The van der Waals surface area contributed by atoms with E-state index in [0.717, 1.165) is 10.8 Å². The maximum absolute atomic E-state index is 10.8. The first-order valence-electron chi connectivity index (χ1n) is 5.87. The van der Waals surface area contributed by atoms with Crippen LogP contribution >= 0.6 is 0 Å². The predicted molar refractivity (Wildman–Crippen MR) is 73.5 cm³/mol. The SMILES string of the molecule is COc1ccc2ccc3oc([N+](=O)[O-])cc3c2c1OC. The summed E-state index contributed by atoms with van der Waals surface area (Å²) in [5.74, 6) is 0.806. The van der Waals surface area contributed by atoms with E-state index >= 15 is 0 Å². The Bertz CT molecular complexity index is 821. The molecule has 0 unspecified atom stereocenters. The minimum atomic E-state index is -0.557. The fourth-order valence-corrected chi connectivity index (χ4v) is 2.33. The van der Waals surface area contributed by atoms with Crippen LogP contribution in [0.1, 0.15) is 0 Å². The zero-order valence-electron chi connectivity index (χ0n) is 10.9. The third-order valence-electron chi connectivity index (χ3n) is 3.19. The van der Waals surface area contributed by atoms with Crippen molar-refractivity contribution >= 4 is 27.6 Å². The summed E-state index contributed by atoms with van der Waals surface area (Å²) in [5.41, 5.74) is 0.441. The summed E-state index contributed by atoms with van der Waals surface area (Å²) in [6, 6.07) is 8.60. The van der Waals surface area contributed by atoms with Crippen molar-refractivity contribution in [3.8, 4) is 11.5 Å². The average molecular weight is 273 g/mol. The molecule has 0 aliphatic rings. The van der Waals surface area contributed by atoms with Crippen LogP contribution in [-0.2, 0) is 0 Å². The Hall–Kier alpha value is -2.76. The molecule has 0 aliphatic heterocycles. The number of rotatable bonds is 3. The van der Waals surface area contributed by atoms with Gasteiger partial charge in [-0.1, -0.05) is 12.1 Å². The zero-order chi connectivity index (χ0) is 14.3. The number of methoxy groups -OCH3 is 2. The first-order valence-corrected chi connectivity index (χ1v) is 5.87. The molecule has 0 spiro atoms. The third-order valence-corrected chi connectivity index (χ3v) is 3.19. The highest BCUT2D eigenvalue weighted by atomic mass is 16.6. The fourth-order valence-electron chi connectivity index (χ4n) is 2.33. The highest BCUT2D eigenvalue weighted by molar-refractivity contribution is 6.10. The second-order valence-electron chi connectivity index (χ2n) is 4.22. The lowest BCUT2D eigenvalue weighted by Gasteiger charge is -2.10. The van der Waals surface area contributed by atoms with E-state index in [1.54, 1.807) is 19.2 Å². The summed E-state index contributed by atoms with van der Waals surface area (Å²) < 4.78 is 15.9. The number of nitro groups is 1. The van der Waals surface area contributed by atoms with E-state index in [1.165, 1.54) is 13.2 Å². The van der Waals surface area contributed by atoms with Crippen molar-refractivity contribution in [2.75, 3.05) is 14.2 Å². The fraction of sp³-hybridized carbons (Fsp3) is 0.143. The Morgan fingerprint density at radius 2 is 1.90 bits per heavy atom. The molecule has 0 bridgehead atoms. The van der Waals surface area contributed by atoms with Crippen molar-refractivity contribution in [1.29, 1.82) is 0 Å². The normalized spacial score (nSPS) is 10.9. The van der Waals surface area contributed by atoms with Crippen LogP contribution in [0.5, 0.6) is 11.5 Å². The quantitative estimate of drug-likeness (QED) is 0.539. The zero-order valence-corrected chi connectivity index (χ0v) is 10.9. The lowest BCUT2D eigenvalue weighted by Crippen LogP contribution is -1.91. The van der Waals surface area contributed by atoms with Crippen LogP contribution in [0.3, 0.4) is 0 Å². The van der Waals surface area contributed by atoms with Gasteiger partial charge in [0.25, 0.3) is 0 Å². The number of hydrogen-bond donors (Lipinski definition) is 0. The monoisotopic (exact) mass is 273 g/mol. The van der Waals surface area contributed by atoms with Gasteiger partial charge in [0.1, 0.15) is 10.5 Å². The van der Waals surface area contributed by atoms with Crippen LogP contribution < -0.4 is 9.47 Å². The molecule has 20 heavy (non-hydrogen) atoms. The van der Waals surface area contributed by atoms with Crippen molar-refractivity contribution in [3.63, 3.8) is 0 Å². The molecule has 6 nitrogen and oxygen atoms in total. The highest BCUT2D eigenvalue weighted by Crippen LogP contribution is 2.41. The topological polar surface area (TPSA) is 74.7 Å². The van der Waals surface area contributed by atoms with Gasteiger partial charge in [-0.25, -0.2) is 0 Å². The molecule has 1 heterocycles. The molecule has 3 rings (SSSR count).